The highest BCUT2D eigenvalue weighted by molar-refractivity contribution is 5.75. The molecule has 2 rings (SSSR count). The molecule has 2 aromatic rings. The second kappa shape index (κ2) is 5.95. The zero-order chi connectivity index (χ0) is 12.8. The smallest absolute Gasteiger partial charge is 0.257 e. The molecule has 94 valence electrons. The van der Waals surface area contributed by atoms with Crippen LogP contribution in [0.15, 0.2) is 34.9 Å². The van der Waals surface area contributed by atoms with Gasteiger partial charge in [-0.05, 0) is 12.1 Å². The van der Waals surface area contributed by atoms with Gasteiger partial charge >= 0.3 is 0 Å². The van der Waals surface area contributed by atoms with Crippen LogP contribution in [-0.4, -0.2) is 22.6 Å². The van der Waals surface area contributed by atoms with Crippen LogP contribution in [0.5, 0.6) is 0 Å². The van der Waals surface area contributed by atoms with E-state index >= 15 is 0 Å². The van der Waals surface area contributed by atoms with Gasteiger partial charge < -0.3 is 9.84 Å². The predicted octanol–water partition coefficient (Wildman–Crippen LogP) is 1.81. The van der Waals surface area contributed by atoms with Crippen molar-refractivity contribution in [2.24, 2.45) is 0 Å². The SMILES string of the molecule is CCC(=O)NCCc1noc(-c2ccccc2)n1. The Morgan fingerprint density at radius 2 is 2.11 bits per heavy atom. The lowest BCUT2D eigenvalue weighted by molar-refractivity contribution is -0.120. The number of hydrogen-bond donors (Lipinski definition) is 1. The molecule has 0 radical (unpaired) electrons. The molecule has 1 N–H and O–H groups in total. The summed E-state index contributed by atoms with van der Waals surface area (Å²) in [5.74, 6) is 1.14. The summed E-state index contributed by atoms with van der Waals surface area (Å²) in [6, 6.07) is 9.59. The molecular weight excluding hydrogens is 230 g/mol. The molecule has 1 aromatic carbocycles. The van der Waals surface area contributed by atoms with Crippen molar-refractivity contribution < 1.29 is 9.32 Å². The van der Waals surface area contributed by atoms with E-state index in [4.69, 9.17) is 4.52 Å². The summed E-state index contributed by atoms with van der Waals surface area (Å²) >= 11 is 0. The van der Waals surface area contributed by atoms with Gasteiger partial charge in [0.15, 0.2) is 5.82 Å². The Morgan fingerprint density at radius 3 is 2.83 bits per heavy atom. The summed E-state index contributed by atoms with van der Waals surface area (Å²) in [6.07, 6.45) is 1.06. The summed E-state index contributed by atoms with van der Waals surface area (Å²) in [5, 5.41) is 6.65. The summed E-state index contributed by atoms with van der Waals surface area (Å²) in [6.45, 7) is 2.34. The maximum atomic E-state index is 11.1. The Balaban J connectivity index is 1.93. The van der Waals surface area contributed by atoms with Crippen molar-refractivity contribution in [1.82, 2.24) is 15.5 Å². The van der Waals surface area contributed by atoms with Crippen LogP contribution in [-0.2, 0) is 11.2 Å². The van der Waals surface area contributed by atoms with Crippen molar-refractivity contribution in [3.8, 4) is 11.5 Å². The number of hydrogen-bond acceptors (Lipinski definition) is 4. The highest BCUT2D eigenvalue weighted by Gasteiger charge is 2.08. The Labute approximate surface area is 105 Å². The van der Waals surface area contributed by atoms with E-state index in [-0.39, 0.29) is 5.91 Å². The van der Waals surface area contributed by atoms with Gasteiger partial charge in [-0.3, -0.25) is 4.79 Å². The Kier molecular flexibility index (Phi) is 4.06. The lowest BCUT2D eigenvalue weighted by atomic mass is 10.2. The van der Waals surface area contributed by atoms with Crippen LogP contribution < -0.4 is 5.32 Å². The highest BCUT2D eigenvalue weighted by atomic mass is 16.5. The average molecular weight is 245 g/mol. The van der Waals surface area contributed by atoms with Gasteiger partial charge in [0.25, 0.3) is 5.89 Å². The standard InChI is InChI=1S/C13H15N3O2/c1-2-12(17)14-9-8-11-15-13(18-16-11)10-6-4-3-5-7-10/h3-7H,2,8-9H2,1H3,(H,14,17). The number of carbonyl (C=O) groups is 1. The van der Waals surface area contributed by atoms with Crippen molar-refractivity contribution in [2.75, 3.05) is 6.54 Å². The fraction of sp³-hybridized carbons (Fsp3) is 0.308. The third-order valence-electron chi connectivity index (χ3n) is 2.48. The first kappa shape index (κ1) is 12.3. The van der Waals surface area contributed by atoms with E-state index in [0.717, 1.165) is 5.56 Å². The first-order valence-electron chi connectivity index (χ1n) is 5.94. The number of rotatable bonds is 5. The number of aromatic nitrogens is 2. The Bertz CT molecular complexity index is 508. The van der Waals surface area contributed by atoms with Crippen LogP contribution in [0.1, 0.15) is 19.2 Å². The number of amides is 1. The molecule has 0 bridgehead atoms. The second-order valence-corrected chi connectivity index (χ2v) is 3.84. The summed E-state index contributed by atoms with van der Waals surface area (Å²) in [5.41, 5.74) is 0.897. The Morgan fingerprint density at radius 1 is 1.33 bits per heavy atom. The molecule has 0 aliphatic rings. The van der Waals surface area contributed by atoms with Gasteiger partial charge in [-0.25, -0.2) is 0 Å². The molecule has 0 spiro atoms. The van der Waals surface area contributed by atoms with E-state index in [1.165, 1.54) is 0 Å². The molecule has 0 aliphatic heterocycles. The minimum absolute atomic E-state index is 0.0294. The van der Waals surface area contributed by atoms with Crippen LogP contribution in [0.4, 0.5) is 0 Å². The van der Waals surface area contributed by atoms with Crippen molar-refractivity contribution in [3.63, 3.8) is 0 Å². The zero-order valence-corrected chi connectivity index (χ0v) is 10.2. The minimum atomic E-state index is 0.0294. The van der Waals surface area contributed by atoms with E-state index in [2.05, 4.69) is 15.5 Å². The molecule has 5 nitrogen and oxygen atoms in total. The third-order valence-corrected chi connectivity index (χ3v) is 2.48. The molecule has 0 saturated carbocycles. The van der Waals surface area contributed by atoms with E-state index < -0.39 is 0 Å². The molecule has 0 atom stereocenters. The maximum Gasteiger partial charge on any atom is 0.257 e. The number of nitrogens with one attached hydrogen (secondary N) is 1. The lowest BCUT2D eigenvalue weighted by Crippen LogP contribution is -2.24. The normalized spacial score (nSPS) is 10.3. The lowest BCUT2D eigenvalue weighted by Gasteiger charge is -1.99. The van der Waals surface area contributed by atoms with Crippen LogP contribution in [0.3, 0.4) is 0 Å². The second-order valence-electron chi connectivity index (χ2n) is 3.84. The van der Waals surface area contributed by atoms with E-state index in [0.29, 0.717) is 31.1 Å². The monoisotopic (exact) mass is 245 g/mol. The fourth-order valence-corrected chi connectivity index (χ4v) is 1.49. The summed E-state index contributed by atoms with van der Waals surface area (Å²) in [4.78, 5) is 15.3. The van der Waals surface area contributed by atoms with Gasteiger partial charge in [-0.15, -0.1) is 0 Å². The molecule has 0 aliphatic carbocycles. The molecular formula is C13H15N3O2. The third kappa shape index (κ3) is 3.16. The van der Waals surface area contributed by atoms with Crippen LogP contribution in [0, 0.1) is 0 Å². The van der Waals surface area contributed by atoms with Gasteiger partial charge in [0, 0.05) is 24.9 Å². The molecule has 18 heavy (non-hydrogen) atoms. The quantitative estimate of drug-likeness (QED) is 0.872. The molecule has 1 aromatic heterocycles. The highest BCUT2D eigenvalue weighted by Crippen LogP contribution is 2.15. The molecule has 0 saturated heterocycles. The zero-order valence-electron chi connectivity index (χ0n) is 10.2. The first-order chi connectivity index (χ1) is 8.79. The van der Waals surface area contributed by atoms with Gasteiger partial charge in [0.1, 0.15) is 0 Å². The van der Waals surface area contributed by atoms with E-state index in [9.17, 15) is 4.79 Å². The molecule has 1 amide bonds. The van der Waals surface area contributed by atoms with E-state index in [1.807, 2.05) is 37.3 Å². The number of nitrogens with zero attached hydrogens (tertiary/aromatic N) is 2. The molecule has 5 heteroatoms. The van der Waals surface area contributed by atoms with E-state index in [1.54, 1.807) is 0 Å². The van der Waals surface area contributed by atoms with Crippen molar-refractivity contribution in [1.29, 1.82) is 0 Å². The van der Waals surface area contributed by atoms with Gasteiger partial charge in [0.2, 0.25) is 5.91 Å². The van der Waals surface area contributed by atoms with Gasteiger partial charge in [-0.2, -0.15) is 4.98 Å². The maximum absolute atomic E-state index is 11.1. The largest absolute Gasteiger partial charge is 0.356 e. The van der Waals surface area contributed by atoms with Crippen molar-refractivity contribution >= 4 is 5.91 Å². The Hall–Kier alpha value is -2.17. The average Bonchev–Trinajstić information content (AvgIpc) is 2.88. The molecule has 0 unspecified atom stereocenters. The van der Waals surface area contributed by atoms with Gasteiger partial charge in [0.05, 0.1) is 0 Å². The molecule has 1 heterocycles. The van der Waals surface area contributed by atoms with Crippen molar-refractivity contribution in [2.45, 2.75) is 19.8 Å². The number of carbonyl (C=O) groups excluding carboxylic acids is 1. The van der Waals surface area contributed by atoms with Crippen LogP contribution in [0.2, 0.25) is 0 Å². The van der Waals surface area contributed by atoms with Gasteiger partial charge in [-0.1, -0.05) is 30.3 Å². The number of benzene rings is 1. The first-order valence-corrected chi connectivity index (χ1v) is 5.94. The van der Waals surface area contributed by atoms with Crippen molar-refractivity contribution in [3.05, 3.63) is 36.2 Å². The summed E-state index contributed by atoms with van der Waals surface area (Å²) in [7, 11) is 0. The molecule has 0 fully saturated rings. The minimum Gasteiger partial charge on any atom is -0.356 e. The predicted molar refractivity (Wildman–Crippen MR) is 66.7 cm³/mol. The van der Waals surface area contributed by atoms with Crippen LogP contribution in [0.25, 0.3) is 11.5 Å². The van der Waals surface area contributed by atoms with Crippen LogP contribution >= 0.6 is 0 Å². The fourth-order valence-electron chi connectivity index (χ4n) is 1.49. The topological polar surface area (TPSA) is 68.0 Å². The summed E-state index contributed by atoms with van der Waals surface area (Å²) < 4.78 is 5.16.